The molecule has 0 saturated carbocycles. The van der Waals surface area contributed by atoms with Gasteiger partial charge in [0.05, 0.1) is 0 Å². The minimum absolute atomic E-state index is 0.120. The number of carbonyl (C=O) groups is 2. The van der Waals surface area contributed by atoms with Gasteiger partial charge in [0.1, 0.15) is 5.82 Å². The number of carboxylic acids is 1. The van der Waals surface area contributed by atoms with Crippen LogP contribution < -0.4 is 5.32 Å². The van der Waals surface area contributed by atoms with Crippen LogP contribution in [0.15, 0.2) is 53.1 Å². The molecule has 0 unspecified atom stereocenters. The monoisotopic (exact) mass is 357 g/mol. The zero-order valence-corrected chi connectivity index (χ0v) is 14.1. The van der Waals surface area contributed by atoms with Crippen LogP contribution >= 0.6 is 0 Å². The fourth-order valence-corrected chi connectivity index (χ4v) is 2.01. The number of hydrogen-bond donors (Lipinski definition) is 2. The van der Waals surface area contributed by atoms with Crippen molar-refractivity contribution in [3.05, 3.63) is 65.8 Å². The minimum Gasteiger partial charge on any atom is -0.481 e. The summed E-state index contributed by atoms with van der Waals surface area (Å²) >= 11 is 0. The Bertz CT molecular complexity index is 903. The summed E-state index contributed by atoms with van der Waals surface area (Å²) in [5.41, 5.74) is 2.09. The van der Waals surface area contributed by atoms with Crippen LogP contribution in [0.4, 0.5) is 10.3 Å². The summed E-state index contributed by atoms with van der Waals surface area (Å²) in [4.78, 5) is 25.1. The molecule has 0 aliphatic rings. The molecule has 0 spiro atoms. The van der Waals surface area contributed by atoms with Gasteiger partial charge in [-0.2, -0.15) is 4.98 Å². The molecular formula is C18H16FN3O4. The van der Waals surface area contributed by atoms with Crippen molar-refractivity contribution in [3.8, 4) is 11.1 Å². The molecule has 0 fully saturated rings. The maximum absolute atomic E-state index is 13.0. The van der Waals surface area contributed by atoms with Crippen LogP contribution in [0.25, 0.3) is 11.1 Å². The Labute approximate surface area is 148 Å². The Morgan fingerprint density at radius 1 is 1.12 bits per heavy atom. The van der Waals surface area contributed by atoms with Gasteiger partial charge in [-0.25, -0.2) is 4.39 Å². The third kappa shape index (κ3) is 5.52. The molecule has 134 valence electrons. The predicted molar refractivity (Wildman–Crippen MR) is 92.1 cm³/mol. The quantitative estimate of drug-likeness (QED) is 0.743. The van der Waals surface area contributed by atoms with Crippen LogP contribution in [-0.4, -0.2) is 27.1 Å². The summed E-state index contributed by atoms with van der Waals surface area (Å²) in [5.74, 6) is -0.986. The predicted octanol–water partition coefficient (Wildman–Crippen LogP) is 3.53. The summed E-state index contributed by atoms with van der Waals surface area (Å²) in [5, 5.41) is 13.6. The molecule has 2 N–H and O–H groups in total. The fourth-order valence-electron chi connectivity index (χ4n) is 2.01. The van der Waals surface area contributed by atoms with Gasteiger partial charge in [0, 0.05) is 19.4 Å². The van der Waals surface area contributed by atoms with Crippen molar-refractivity contribution in [2.45, 2.75) is 13.8 Å². The highest BCUT2D eigenvalue weighted by Gasteiger charge is 2.11. The lowest BCUT2D eigenvalue weighted by atomic mass is 10.0. The van der Waals surface area contributed by atoms with Crippen molar-refractivity contribution in [2.24, 2.45) is 0 Å². The largest absolute Gasteiger partial charge is 0.481 e. The maximum Gasteiger partial charge on any atom is 0.300 e. The first-order valence-corrected chi connectivity index (χ1v) is 7.52. The van der Waals surface area contributed by atoms with Crippen LogP contribution in [0, 0.1) is 12.7 Å². The normalized spacial score (nSPS) is 9.81. The Balaban J connectivity index is 0.000000552. The number of carbonyl (C=O) groups excluding carboxylic acids is 1. The molecule has 26 heavy (non-hydrogen) atoms. The van der Waals surface area contributed by atoms with Crippen molar-refractivity contribution in [2.75, 3.05) is 5.32 Å². The first-order valence-electron chi connectivity index (χ1n) is 7.52. The number of carboxylic acid groups (broad SMARTS) is 1. The molecular weight excluding hydrogens is 341 g/mol. The lowest BCUT2D eigenvalue weighted by Gasteiger charge is -2.05. The number of anilines is 1. The second kappa shape index (κ2) is 8.52. The van der Waals surface area contributed by atoms with Crippen molar-refractivity contribution >= 4 is 17.8 Å². The zero-order chi connectivity index (χ0) is 19.1. The highest BCUT2D eigenvalue weighted by atomic mass is 19.1. The number of aromatic nitrogens is 2. The van der Waals surface area contributed by atoms with Crippen molar-refractivity contribution in [3.63, 3.8) is 0 Å². The number of nitrogens with one attached hydrogen (secondary N) is 1. The summed E-state index contributed by atoms with van der Waals surface area (Å²) in [6.45, 7) is 2.72. The Morgan fingerprint density at radius 2 is 1.77 bits per heavy atom. The molecule has 1 aromatic heterocycles. The average Bonchev–Trinajstić information content (AvgIpc) is 3.00. The smallest absolute Gasteiger partial charge is 0.300 e. The maximum atomic E-state index is 13.0. The van der Waals surface area contributed by atoms with E-state index >= 15 is 0 Å². The van der Waals surface area contributed by atoms with Gasteiger partial charge in [-0.3, -0.25) is 14.9 Å². The van der Waals surface area contributed by atoms with E-state index in [0.717, 1.165) is 18.1 Å². The van der Waals surface area contributed by atoms with Gasteiger partial charge in [-0.05, 0) is 40.5 Å². The summed E-state index contributed by atoms with van der Waals surface area (Å²) in [6, 6.07) is 13.1. The summed E-state index contributed by atoms with van der Waals surface area (Å²) in [6.07, 6.45) is 0. The van der Waals surface area contributed by atoms with E-state index in [0.29, 0.717) is 11.5 Å². The molecule has 2 aromatic carbocycles. The topological polar surface area (TPSA) is 105 Å². The summed E-state index contributed by atoms with van der Waals surface area (Å²) in [7, 11) is 0. The van der Waals surface area contributed by atoms with Crippen LogP contribution in [0.3, 0.4) is 0 Å². The Kier molecular flexibility index (Phi) is 6.15. The number of nitrogens with zero attached hydrogens (tertiary/aromatic N) is 2. The van der Waals surface area contributed by atoms with Gasteiger partial charge in [-0.15, -0.1) is 0 Å². The van der Waals surface area contributed by atoms with Crippen LogP contribution in [0.1, 0.15) is 23.2 Å². The minimum atomic E-state index is -0.833. The van der Waals surface area contributed by atoms with E-state index in [9.17, 15) is 9.18 Å². The second-order valence-corrected chi connectivity index (χ2v) is 5.20. The van der Waals surface area contributed by atoms with Gasteiger partial charge >= 0.3 is 0 Å². The number of aliphatic carboxylic acids is 1. The van der Waals surface area contributed by atoms with E-state index in [2.05, 4.69) is 15.5 Å². The highest BCUT2D eigenvalue weighted by molar-refractivity contribution is 6.04. The average molecular weight is 357 g/mol. The van der Waals surface area contributed by atoms with E-state index in [1.165, 1.54) is 12.1 Å². The lowest BCUT2D eigenvalue weighted by Crippen LogP contribution is -2.12. The molecule has 7 nitrogen and oxygen atoms in total. The van der Waals surface area contributed by atoms with E-state index < -0.39 is 5.97 Å². The summed E-state index contributed by atoms with van der Waals surface area (Å²) < 4.78 is 17.8. The highest BCUT2D eigenvalue weighted by Crippen LogP contribution is 2.21. The Morgan fingerprint density at radius 3 is 2.35 bits per heavy atom. The molecule has 1 amide bonds. The number of aryl methyl sites for hydroxylation is 1. The van der Waals surface area contributed by atoms with Gasteiger partial charge in [-0.1, -0.05) is 24.3 Å². The van der Waals surface area contributed by atoms with E-state index in [1.54, 1.807) is 37.3 Å². The number of halogens is 1. The molecule has 0 aliphatic carbocycles. The second-order valence-electron chi connectivity index (χ2n) is 5.20. The number of amides is 1. The van der Waals surface area contributed by atoms with Crippen LogP contribution in [0.2, 0.25) is 0 Å². The molecule has 1 heterocycles. The molecule has 8 heteroatoms. The van der Waals surface area contributed by atoms with Crippen molar-refractivity contribution in [1.82, 2.24) is 10.1 Å². The van der Waals surface area contributed by atoms with Gasteiger partial charge in [0.15, 0.2) is 0 Å². The first kappa shape index (κ1) is 18.8. The first-order chi connectivity index (χ1) is 12.3. The van der Waals surface area contributed by atoms with Crippen molar-refractivity contribution < 1.29 is 23.6 Å². The molecule has 0 saturated heterocycles. The Hall–Kier alpha value is -3.55. The third-order valence-corrected chi connectivity index (χ3v) is 3.06. The van der Waals surface area contributed by atoms with Gasteiger partial charge in [0.2, 0.25) is 5.89 Å². The molecule has 0 aliphatic heterocycles. The molecule has 3 aromatic rings. The number of rotatable bonds is 3. The van der Waals surface area contributed by atoms with Gasteiger partial charge < -0.3 is 9.63 Å². The lowest BCUT2D eigenvalue weighted by molar-refractivity contribution is -0.134. The standard InChI is InChI=1S/C16H12FN3O2.C2H4O2/c1-10-18-16(20-22-10)19-15(21)13-4-2-3-12(9-13)11-5-7-14(17)8-6-11;1-2(3)4/h2-9H,1H3,(H,19,20,21);1H3,(H,3,4). The molecule has 0 radical (unpaired) electrons. The molecule has 0 bridgehead atoms. The fraction of sp³-hybridized carbons (Fsp3) is 0.111. The zero-order valence-electron chi connectivity index (χ0n) is 14.1. The van der Waals surface area contributed by atoms with Crippen LogP contribution in [0.5, 0.6) is 0 Å². The number of hydrogen-bond acceptors (Lipinski definition) is 5. The van der Waals surface area contributed by atoms with E-state index in [4.69, 9.17) is 14.4 Å². The third-order valence-electron chi connectivity index (χ3n) is 3.06. The van der Waals surface area contributed by atoms with Gasteiger partial charge in [0.25, 0.3) is 17.8 Å². The SMILES string of the molecule is CC(=O)O.Cc1nc(NC(=O)c2cccc(-c3ccc(F)cc3)c2)no1. The van der Waals surface area contributed by atoms with Crippen molar-refractivity contribution in [1.29, 1.82) is 0 Å². The van der Waals surface area contributed by atoms with Crippen LogP contribution in [-0.2, 0) is 4.79 Å². The molecule has 0 atom stereocenters. The van der Waals surface area contributed by atoms with E-state index in [-0.39, 0.29) is 17.7 Å². The molecule has 3 rings (SSSR count). The van der Waals surface area contributed by atoms with E-state index in [1.807, 2.05) is 6.07 Å². The number of benzene rings is 2.